The Bertz CT molecular complexity index is 1240. The van der Waals surface area contributed by atoms with Gasteiger partial charge in [-0.3, -0.25) is 15.0 Å². The van der Waals surface area contributed by atoms with Gasteiger partial charge in [-0.25, -0.2) is 4.98 Å². The zero-order valence-corrected chi connectivity index (χ0v) is 21.4. The molecule has 35 heavy (non-hydrogen) atoms. The highest BCUT2D eigenvalue weighted by atomic mass is 15.2. The molecular formula is C29H36N6. The van der Waals surface area contributed by atoms with Crippen molar-refractivity contribution in [3.8, 4) is 0 Å². The molecule has 2 aromatic heterocycles. The van der Waals surface area contributed by atoms with E-state index in [-0.39, 0.29) is 0 Å². The van der Waals surface area contributed by atoms with Crippen molar-refractivity contribution in [1.82, 2.24) is 25.1 Å². The number of pyridine rings is 1. The van der Waals surface area contributed by atoms with Crippen LogP contribution in [0, 0.1) is 0 Å². The quantitative estimate of drug-likeness (QED) is 0.439. The van der Waals surface area contributed by atoms with Gasteiger partial charge >= 0.3 is 0 Å². The molecule has 2 N–H and O–H groups in total. The molecule has 0 aromatic carbocycles. The number of anilines is 1. The van der Waals surface area contributed by atoms with Crippen LogP contribution in [0.2, 0.25) is 0 Å². The van der Waals surface area contributed by atoms with Crippen LogP contribution < -0.4 is 5.32 Å². The number of hydrogen-bond acceptors (Lipinski definition) is 5. The van der Waals surface area contributed by atoms with Gasteiger partial charge in [0, 0.05) is 43.0 Å². The summed E-state index contributed by atoms with van der Waals surface area (Å²) in [5.74, 6) is 1.85. The molecule has 2 aliphatic heterocycles. The molecule has 0 saturated heterocycles. The van der Waals surface area contributed by atoms with E-state index >= 15 is 0 Å². The van der Waals surface area contributed by atoms with Gasteiger partial charge in [-0.05, 0) is 54.2 Å². The number of nitrogens with one attached hydrogen (secondary N) is 2. The molecule has 0 bridgehead atoms. The highest BCUT2D eigenvalue weighted by Crippen LogP contribution is 2.30. The van der Waals surface area contributed by atoms with Gasteiger partial charge in [0.05, 0.1) is 11.4 Å². The fraction of sp³-hybridized carbons (Fsp3) is 0.345. The van der Waals surface area contributed by atoms with E-state index in [1.165, 1.54) is 22.3 Å². The first kappa shape index (κ1) is 24.6. The Labute approximate surface area is 209 Å². The Kier molecular flexibility index (Phi) is 7.61. The molecule has 0 unspecified atom stereocenters. The van der Waals surface area contributed by atoms with Crippen molar-refractivity contribution in [2.45, 2.75) is 53.0 Å². The van der Waals surface area contributed by atoms with Crippen molar-refractivity contribution in [1.29, 1.82) is 0 Å². The molecule has 0 fully saturated rings. The van der Waals surface area contributed by atoms with Crippen LogP contribution in [0.5, 0.6) is 0 Å². The minimum atomic E-state index is 0.313. The second-order valence-electron chi connectivity index (χ2n) is 9.42. The van der Waals surface area contributed by atoms with Crippen LogP contribution in [0.25, 0.3) is 11.6 Å². The van der Waals surface area contributed by atoms with E-state index in [9.17, 15) is 0 Å². The highest BCUT2D eigenvalue weighted by Gasteiger charge is 2.17. The van der Waals surface area contributed by atoms with Gasteiger partial charge in [0.25, 0.3) is 0 Å². The third-order valence-corrected chi connectivity index (χ3v) is 6.52. The summed E-state index contributed by atoms with van der Waals surface area (Å²) in [5, 5.41) is 10.7. The molecule has 0 atom stereocenters. The number of fused-ring (bicyclic) bond motifs is 1. The van der Waals surface area contributed by atoms with E-state index in [0.29, 0.717) is 11.7 Å². The van der Waals surface area contributed by atoms with Gasteiger partial charge < -0.3 is 5.32 Å². The zero-order valence-electron chi connectivity index (χ0n) is 21.4. The average molecular weight is 469 g/mol. The molecule has 6 nitrogen and oxygen atoms in total. The van der Waals surface area contributed by atoms with Crippen LogP contribution in [0.3, 0.4) is 0 Å². The van der Waals surface area contributed by atoms with E-state index in [1.54, 1.807) is 0 Å². The highest BCUT2D eigenvalue weighted by molar-refractivity contribution is 5.75. The summed E-state index contributed by atoms with van der Waals surface area (Å²) in [4.78, 5) is 11.7. The van der Waals surface area contributed by atoms with Gasteiger partial charge in [-0.15, -0.1) is 0 Å². The summed E-state index contributed by atoms with van der Waals surface area (Å²) >= 11 is 0. The first-order valence-electron chi connectivity index (χ1n) is 12.4. The lowest BCUT2D eigenvalue weighted by Crippen LogP contribution is -2.28. The number of aromatic amines is 1. The summed E-state index contributed by atoms with van der Waals surface area (Å²) in [7, 11) is 0. The maximum Gasteiger partial charge on any atom is 0.180 e. The average Bonchev–Trinajstić information content (AvgIpc) is 3.36. The van der Waals surface area contributed by atoms with Gasteiger partial charge in [0.15, 0.2) is 5.82 Å². The summed E-state index contributed by atoms with van der Waals surface area (Å²) in [5.41, 5.74) is 8.84. The molecule has 6 heteroatoms. The van der Waals surface area contributed by atoms with Crippen molar-refractivity contribution in [3.63, 3.8) is 0 Å². The summed E-state index contributed by atoms with van der Waals surface area (Å²) < 4.78 is 0. The fourth-order valence-electron chi connectivity index (χ4n) is 4.34. The maximum atomic E-state index is 4.69. The Balaban J connectivity index is 1.37. The molecule has 0 saturated carbocycles. The zero-order chi connectivity index (χ0) is 24.9. The molecule has 4 rings (SSSR count). The molecule has 2 aliphatic rings. The van der Waals surface area contributed by atoms with Crippen LogP contribution in [0.4, 0.5) is 5.69 Å². The molecule has 0 aliphatic carbocycles. The van der Waals surface area contributed by atoms with Crippen LogP contribution in [-0.2, 0) is 6.54 Å². The smallest absolute Gasteiger partial charge is 0.180 e. The van der Waals surface area contributed by atoms with Crippen LogP contribution in [0.15, 0.2) is 72.1 Å². The van der Waals surface area contributed by atoms with Crippen LogP contribution in [0.1, 0.15) is 69.4 Å². The number of allylic oxidation sites excluding steroid dienone is 6. The summed E-state index contributed by atoms with van der Waals surface area (Å²) in [6.07, 6.45) is 14.7. The largest absolute Gasteiger partial charge is 0.354 e. The maximum absolute atomic E-state index is 4.69. The first-order valence-corrected chi connectivity index (χ1v) is 12.4. The molecule has 0 spiro atoms. The summed E-state index contributed by atoms with van der Waals surface area (Å²) in [6, 6.07) is 2.20. The normalized spacial score (nSPS) is 16.8. The number of hydrogen-bond donors (Lipinski definition) is 2. The van der Waals surface area contributed by atoms with E-state index in [0.717, 1.165) is 61.0 Å². The number of aromatic nitrogens is 4. The predicted molar refractivity (Wildman–Crippen MR) is 146 cm³/mol. The van der Waals surface area contributed by atoms with Gasteiger partial charge in [0.2, 0.25) is 0 Å². The van der Waals surface area contributed by atoms with Crippen molar-refractivity contribution >= 4 is 17.3 Å². The van der Waals surface area contributed by atoms with Crippen molar-refractivity contribution in [2.24, 2.45) is 0 Å². The van der Waals surface area contributed by atoms with Gasteiger partial charge in [-0.1, -0.05) is 58.2 Å². The molecule has 2 aromatic rings. The predicted octanol–water partition coefficient (Wildman–Crippen LogP) is 6.40. The third kappa shape index (κ3) is 5.77. The lowest BCUT2D eigenvalue weighted by Gasteiger charge is -2.27. The Hall–Kier alpha value is -3.51. The molecule has 182 valence electrons. The number of nitrogens with zero attached hydrogens (tertiary/aromatic N) is 4. The van der Waals surface area contributed by atoms with E-state index < -0.39 is 0 Å². The molecular weight excluding hydrogens is 432 g/mol. The second kappa shape index (κ2) is 10.8. The minimum Gasteiger partial charge on any atom is -0.354 e. The Morgan fingerprint density at radius 3 is 2.77 bits per heavy atom. The van der Waals surface area contributed by atoms with E-state index in [4.69, 9.17) is 0 Å². The fourth-order valence-corrected chi connectivity index (χ4v) is 4.34. The lowest BCUT2D eigenvalue weighted by molar-refractivity contribution is 0.287. The van der Waals surface area contributed by atoms with E-state index in [1.807, 2.05) is 12.3 Å². The topological polar surface area (TPSA) is 69.7 Å². The molecule has 0 amide bonds. The summed E-state index contributed by atoms with van der Waals surface area (Å²) in [6.45, 7) is 19.5. The van der Waals surface area contributed by atoms with Crippen molar-refractivity contribution < 1.29 is 0 Å². The van der Waals surface area contributed by atoms with E-state index in [2.05, 4.69) is 102 Å². The number of H-pyrrole nitrogens is 1. The second-order valence-corrected chi connectivity index (χ2v) is 9.42. The minimum absolute atomic E-state index is 0.313. The standard InChI is InChI=1S/C29H36N6/c1-7-23(10-9-20(5)29-32-28(19(3)4)33-34-29)25-11-13-35(14-12-25)18-22-15-27-26(30-17-22)16-24(8-2)21(6)31-27/h7,9-11,15-17,19,31H,5-6,8,12-14,18H2,1-4H3,(H,32,33,34)/b10-9-,23-7+. The Morgan fingerprint density at radius 1 is 1.29 bits per heavy atom. The number of rotatable bonds is 8. The van der Waals surface area contributed by atoms with Crippen LogP contribution in [-0.4, -0.2) is 38.2 Å². The monoisotopic (exact) mass is 468 g/mol. The lowest BCUT2D eigenvalue weighted by atomic mass is 9.97. The SMILES string of the molecule is C=C1Nc2cc(CN3CC=C(C(/C=C\C(=C)c4n[nH]c(C(C)C)n4)=C/C)CC3)cnc2C=C1CC. The first-order chi connectivity index (χ1) is 16.9. The third-order valence-electron chi connectivity index (χ3n) is 6.52. The van der Waals surface area contributed by atoms with Crippen molar-refractivity contribution in [3.05, 3.63) is 95.0 Å². The van der Waals surface area contributed by atoms with Gasteiger partial charge in [0.1, 0.15) is 5.82 Å². The van der Waals surface area contributed by atoms with Crippen molar-refractivity contribution in [2.75, 3.05) is 18.4 Å². The van der Waals surface area contributed by atoms with Gasteiger partial charge in [-0.2, -0.15) is 5.10 Å². The Morgan fingerprint density at radius 2 is 2.11 bits per heavy atom. The van der Waals surface area contributed by atoms with Crippen LogP contribution >= 0.6 is 0 Å². The molecule has 4 heterocycles. The molecule has 0 radical (unpaired) electrons.